The molecule has 1 aromatic rings. The summed E-state index contributed by atoms with van der Waals surface area (Å²) < 4.78 is 36.2. The molecule has 71 valence electrons. The minimum absolute atomic E-state index is 0.0156. The molecule has 0 atom stereocenters. The van der Waals surface area contributed by atoms with Gasteiger partial charge in [0.1, 0.15) is 0 Å². The van der Waals surface area contributed by atoms with E-state index in [9.17, 15) is 18.0 Å². The first-order valence-electron chi connectivity index (χ1n) is 3.26. The van der Waals surface area contributed by atoms with Crippen molar-refractivity contribution in [1.29, 1.82) is 0 Å². The predicted molar refractivity (Wildman–Crippen MR) is 41.5 cm³/mol. The number of carbonyl (C=O) groups excluding carboxylic acids is 1. The van der Waals surface area contributed by atoms with Crippen molar-refractivity contribution in [3.8, 4) is 0 Å². The van der Waals surface area contributed by atoms with Crippen molar-refractivity contribution >= 4 is 17.2 Å². The molecule has 0 unspecified atom stereocenters. The Bertz CT molecular complexity index is 286. The van der Waals surface area contributed by atoms with Gasteiger partial charge in [-0.25, -0.2) is 4.39 Å². The molecular formula is C7H5F3NOS. The predicted octanol–water partition coefficient (Wildman–Crippen LogP) is 1.84. The Hall–Kier alpha value is -1.04. The Morgan fingerprint density at radius 3 is 2.85 bits per heavy atom. The molecule has 6 heteroatoms. The first kappa shape index (κ1) is 10.0. The minimum atomic E-state index is -3.80. The molecule has 0 aromatic carbocycles. The van der Waals surface area contributed by atoms with E-state index in [1.54, 1.807) is 0 Å². The molecule has 1 N–H and O–H groups in total. The molecule has 0 saturated heterocycles. The molecule has 0 bridgehead atoms. The average molecular weight is 208 g/mol. The fourth-order valence-electron chi connectivity index (χ4n) is 0.622. The van der Waals surface area contributed by atoms with Crippen LogP contribution in [0.5, 0.6) is 0 Å². The second kappa shape index (κ2) is 3.78. The van der Waals surface area contributed by atoms with Crippen molar-refractivity contribution < 1.29 is 18.0 Å². The van der Waals surface area contributed by atoms with Crippen LogP contribution in [0.3, 0.4) is 0 Å². The van der Waals surface area contributed by atoms with Crippen molar-refractivity contribution in [2.45, 2.75) is 6.05 Å². The lowest BCUT2D eigenvalue weighted by atomic mass is 10.3. The summed E-state index contributed by atoms with van der Waals surface area (Å²) in [5, 5.41) is 5.21. The molecule has 2 nitrogen and oxygen atoms in total. The van der Waals surface area contributed by atoms with Crippen molar-refractivity contribution in [3.63, 3.8) is 0 Å². The lowest BCUT2D eigenvalue weighted by Gasteiger charge is -2.12. The molecular weight excluding hydrogens is 203 g/mol. The second-order valence-corrected chi connectivity index (χ2v) is 2.94. The molecule has 0 aliphatic rings. The SMILES string of the molecule is O=C(NC(F)(F)CF)c1[c]scc1. The van der Waals surface area contributed by atoms with E-state index < -0.39 is 18.6 Å². The van der Waals surface area contributed by atoms with Crippen LogP contribution in [0.15, 0.2) is 11.4 Å². The lowest BCUT2D eigenvalue weighted by Crippen LogP contribution is -2.42. The molecule has 1 rings (SSSR count). The highest BCUT2D eigenvalue weighted by Crippen LogP contribution is 2.12. The normalized spacial score (nSPS) is 11.3. The number of rotatable bonds is 3. The lowest BCUT2D eigenvalue weighted by molar-refractivity contribution is -0.0468. The van der Waals surface area contributed by atoms with Crippen molar-refractivity contribution in [1.82, 2.24) is 5.32 Å². The number of hydrogen-bond donors (Lipinski definition) is 1. The van der Waals surface area contributed by atoms with Gasteiger partial charge in [-0.15, -0.1) is 11.3 Å². The van der Waals surface area contributed by atoms with E-state index in [1.807, 2.05) is 0 Å². The number of thiophene rings is 1. The zero-order valence-electron chi connectivity index (χ0n) is 6.31. The average Bonchev–Trinajstić information content (AvgIpc) is 2.55. The van der Waals surface area contributed by atoms with Gasteiger partial charge in [0.25, 0.3) is 5.91 Å². The van der Waals surface area contributed by atoms with Crippen LogP contribution in [0.4, 0.5) is 13.2 Å². The Balaban J connectivity index is 2.61. The summed E-state index contributed by atoms with van der Waals surface area (Å²) >= 11 is 1.08. The van der Waals surface area contributed by atoms with Gasteiger partial charge in [-0.3, -0.25) is 10.1 Å². The highest BCUT2D eigenvalue weighted by Gasteiger charge is 2.31. The molecule has 13 heavy (non-hydrogen) atoms. The van der Waals surface area contributed by atoms with E-state index in [4.69, 9.17) is 0 Å². The van der Waals surface area contributed by atoms with Gasteiger partial charge < -0.3 is 0 Å². The van der Waals surface area contributed by atoms with E-state index in [0.29, 0.717) is 0 Å². The van der Waals surface area contributed by atoms with E-state index in [2.05, 4.69) is 5.38 Å². The third-order valence-corrected chi connectivity index (χ3v) is 1.79. The first-order valence-corrected chi connectivity index (χ1v) is 4.14. The molecule has 1 amide bonds. The first-order chi connectivity index (χ1) is 6.05. The van der Waals surface area contributed by atoms with Crippen LogP contribution in [0.25, 0.3) is 0 Å². The standard InChI is InChI=1S/C7H5F3NOS/c8-4-7(9,10)11-6(12)5-1-2-13-3-5/h1-2H,4H2,(H,11,12). The van der Waals surface area contributed by atoms with E-state index in [1.165, 1.54) is 16.8 Å². The molecule has 0 aliphatic heterocycles. The number of hydrogen-bond acceptors (Lipinski definition) is 2. The number of nitrogens with one attached hydrogen (secondary N) is 1. The van der Waals surface area contributed by atoms with Gasteiger partial charge in [-0.05, 0) is 11.4 Å². The van der Waals surface area contributed by atoms with Gasteiger partial charge in [0, 0.05) is 0 Å². The van der Waals surface area contributed by atoms with Crippen LogP contribution in [-0.4, -0.2) is 18.6 Å². The maximum absolute atomic E-state index is 12.3. The zero-order chi connectivity index (χ0) is 9.90. The van der Waals surface area contributed by atoms with E-state index >= 15 is 0 Å². The largest absolute Gasteiger partial charge is 0.353 e. The summed E-state index contributed by atoms with van der Waals surface area (Å²) in [6.45, 7) is -1.91. The van der Waals surface area contributed by atoms with Gasteiger partial charge >= 0.3 is 6.05 Å². The number of carbonyl (C=O) groups is 1. The Morgan fingerprint density at radius 1 is 1.69 bits per heavy atom. The van der Waals surface area contributed by atoms with Crippen molar-refractivity contribution in [3.05, 3.63) is 22.4 Å². The summed E-state index contributed by atoms with van der Waals surface area (Å²) in [7, 11) is 0. The maximum atomic E-state index is 12.3. The van der Waals surface area contributed by atoms with Crippen LogP contribution in [-0.2, 0) is 0 Å². The molecule has 0 aliphatic carbocycles. The number of halogens is 3. The summed E-state index contributed by atoms with van der Waals surface area (Å²) in [5.41, 5.74) is -0.0156. The number of amides is 1. The zero-order valence-corrected chi connectivity index (χ0v) is 7.13. The summed E-state index contributed by atoms with van der Waals surface area (Å²) in [4.78, 5) is 10.9. The Kier molecular flexibility index (Phi) is 2.92. The van der Waals surface area contributed by atoms with Crippen LogP contribution < -0.4 is 5.32 Å². The van der Waals surface area contributed by atoms with E-state index in [-0.39, 0.29) is 5.56 Å². The van der Waals surface area contributed by atoms with Gasteiger partial charge in [-0.2, -0.15) is 8.78 Å². The summed E-state index contributed by atoms with van der Waals surface area (Å²) in [5.74, 6) is -1.02. The monoisotopic (exact) mass is 208 g/mol. The Morgan fingerprint density at radius 2 is 2.38 bits per heavy atom. The van der Waals surface area contributed by atoms with Crippen molar-refractivity contribution in [2.24, 2.45) is 0 Å². The summed E-state index contributed by atoms with van der Waals surface area (Å²) in [6.07, 6.45) is 0. The van der Waals surface area contributed by atoms with Crippen molar-refractivity contribution in [2.75, 3.05) is 6.67 Å². The third kappa shape index (κ3) is 2.73. The fourth-order valence-corrected chi connectivity index (χ4v) is 1.18. The molecule has 1 aromatic heterocycles. The van der Waals surface area contributed by atoms with Crippen LogP contribution in [0, 0.1) is 5.38 Å². The van der Waals surface area contributed by atoms with Gasteiger partial charge in [0.15, 0.2) is 6.67 Å². The van der Waals surface area contributed by atoms with Crippen LogP contribution in [0.2, 0.25) is 0 Å². The quantitative estimate of drug-likeness (QED) is 0.754. The molecule has 1 radical (unpaired) electrons. The molecule has 0 spiro atoms. The summed E-state index contributed by atoms with van der Waals surface area (Å²) in [6, 6.07) is -2.47. The molecule has 1 heterocycles. The highest BCUT2D eigenvalue weighted by atomic mass is 32.1. The van der Waals surface area contributed by atoms with Crippen LogP contribution >= 0.6 is 11.3 Å². The van der Waals surface area contributed by atoms with Gasteiger partial charge in [-0.1, -0.05) is 0 Å². The highest BCUT2D eigenvalue weighted by molar-refractivity contribution is 7.07. The molecule has 0 fully saturated rings. The molecule has 0 saturated carbocycles. The minimum Gasteiger partial charge on any atom is -0.291 e. The Labute approximate surface area is 76.4 Å². The van der Waals surface area contributed by atoms with Gasteiger partial charge in [0.2, 0.25) is 0 Å². The van der Waals surface area contributed by atoms with E-state index in [0.717, 1.165) is 11.3 Å². The maximum Gasteiger partial charge on any atom is 0.353 e. The fraction of sp³-hybridized carbons (Fsp3) is 0.286. The van der Waals surface area contributed by atoms with Gasteiger partial charge in [0.05, 0.1) is 10.9 Å². The topological polar surface area (TPSA) is 29.1 Å². The van der Waals surface area contributed by atoms with Crippen LogP contribution in [0.1, 0.15) is 10.4 Å². The second-order valence-electron chi connectivity index (χ2n) is 2.23. The number of alkyl halides is 3. The third-order valence-electron chi connectivity index (χ3n) is 1.18. The smallest absolute Gasteiger partial charge is 0.291 e.